The average Bonchev–Trinajstić information content (AvgIpc) is 2.38. The molecule has 0 radical (unpaired) electrons. The molecule has 0 bridgehead atoms. The Morgan fingerprint density at radius 3 is 2.47 bits per heavy atom. The number of hydrogen-bond donors (Lipinski definition) is 1. The first-order valence-electron chi connectivity index (χ1n) is 5.59. The van der Waals surface area contributed by atoms with Crippen molar-refractivity contribution >= 4 is 21.7 Å². The van der Waals surface area contributed by atoms with Crippen LogP contribution in [0.15, 0.2) is 18.3 Å². The lowest BCUT2D eigenvalue weighted by Gasteiger charge is -2.26. The van der Waals surface area contributed by atoms with Gasteiger partial charge < -0.3 is 10.0 Å². The van der Waals surface area contributed by atoms with E-state index in [1.165, 1.54) is 23.2 Å². The first-order valence-corrected chi connectivity index (χ1v) is 7.41. The van der Waals surface area contributed by atoms with Crippen LogP contribution in [0.2, 0.25) is 0 Å². The molecule has 102 valence electrons. The van der Waals surface area contributed by atoms with Crippen LogP contribution in [0.5, 0.6) is 0 Å². The van der Waals surface area contributed by atoms with Crippen LogP contribution < -0.4 is 0 Å². The second-order valence-electron chi connectivity index (χ2n) is 4.15. The fraction of sp³-hybridized carbons (Fsp3) is 0.364. The highest BCUT2D eigenvalue weighted by molar-refractivity contribution is 7.91. The van der Waals surface area contributed by atoms with Gasteiger partial charge in [-0.1, -0.05) is 0 Å². The van der Waals surface area contributed by atoms with Gasteiger partial charge in [-0.3, -0.25) is 9.78 Å². The van der Waals surface area contributed by atoms with Crippen molar-refractivity contribution in [1.29, 1.82) is 0 Å². The Morgan fingerprint density at radius 2 is 1.89 bits per heavy atom. The zero-order valence-corrected chi connectivity index (χ0v) is 10.8. The largest absolute Gasteiger partial charge is 0.478 e. The Hall–Kier alpha value is -1.96. The summed E-state index contributed by atoms with van der Waals surface area (Å²) in [6.45, 7) is 0.133. The number of amides is 1. The van der Waals surface area contributed by atoms with E-state index in [2.05, 4.69) is 4.98 Å². The second-order valence-corrected chi connectivity index (χ2v) is 6.45. The first-order chi connectivity index (χ1) is 8.91. The molecule has 1 N–H and O–H groups in total. The van der Waals surface area contributed by atoms with E-state index in [1.807, 2.05) is 0 Å². The van der Waals surface area contributed by atoms with Crippen molar-refractivity contribution in [3.05, 3.63) is 29.6 Å². The summed E-state index contributed by atoms with van der Waals surface area (Å²) in [5.74, 6) is -1.99. The molecule has 1 aromatic rings. The van der Waals surface area contributed by atoms with E-state index in [1.54, 1.807) is 0 Å². The summed E-state index contributed by atoms with van der Waals surface area (Å²) in [6.07, 6.45) is 1.33. The summed E-state index contributed by atoms with van der Waals surface area (Å²) in [5.41, 5.74) is -0.338. The lowest BCUT2D eigenvalue weighted by atomic mass is 10.1. The summed E-state index contributed by atoms with van der Waals surface area (Å²) >= 11 is 0. The monoisotopic (exact) mass is 284 g/mol. The van der Waals surface area contributed by atoms with Crippen LogP contribution in [-0.4, -0.2) is 59.9 Å². The van der Waals surface area contributed by atoms with Crippen molar-refractivity contribution in [2.24, 2.45) is 0 Å². The van der Waals surface area contributed by atoms with E-state index in [0.29, 0.717) is 0 Å². The molecule has 1 saturated heterocycles. The van der Waals surface area contributed by atoms with Gasteiger partial charge in [0.25, 0.3) is 5.91 Å². The minimum atomic E-state index is -3.09. The smallest absolute Gasteiger partial charge is 0.338 e. The minimum absolute atomic E-state index is 0.0663. The molecule has 19 heavy (non-hydrogen) atoms. The number of nitrogens with zero attached hydrogens (tertiary/aromatic N) is 2. The Balaban J connectivity index is 2.24. The summed E-state index contributed by atoms with van der Waals surface area (Å²) in [5, 5.41) is 8.99. The Bertz CT molecular complexity index is 612. The van der Waals surface area contributed by atoms with E-state index in [0.717, 1.165) is 0 Å². The number of hydrogen-bond acceptors (Lipinski definition) is 5. The molecule has 1 aromatic heterocycles. The third-order valence-electron chi connectivity index (χ3n) is 2.87. The van der Waals surface area contributed by atoms with Gasteiger partial charge in [0.15, 0.2) is 9.84 Å². The van der Waals surface area contributed by atoms with Crippen LogP contribution >= 0.6 is 0 Å². The van der Waals surface area contributed by atoms with Gasteiger partial charge in [-0.25, -0.2) is 13.2 Å². The van der Waals surface area contributed by atoms with E-state index in [9.17, 15) is 18.0 Å². The van der Waals surface area contributed by atoms with E-state index < -0.39 is 21.7 Å². The number of sulfone groups is 1. The maximum atomic E-state index is 12.1. The predicted octanol–water partition coefficient (Wildman–Crippen LogP) is -0.350. The Kier molecular flexibility index (Phi) is 3.52. The fourth-order valence-electron chi connectivity index (χ4n) is 1.81. The van der Waals surface area contributed by atoms with Crippen LogP contribution in [0.4, 0.5) is 0 Å². The molecule has 1 amide bonds. The molecule has 0 spiro atoms. The first kappa shape index (κ1) is 13.5. The highest BCUT2D eigenvalue weighted by atomic mass is 32.2. The van der Waals surface area contributed by atoms with Crippen LogP contribution in [-0.2, 0) is 9.84 Å². The predicted molar refractivity (Wildman–Crippen MR) is 65.8 cm³/mol. The summed E-state index contributed by atoms with van der Waals surface area (Å²) < 4.78 is 22.6. The lowest BCUT2D eigenvalue weighted by molar-refractivity contribution is 0.0675. The number of carboxylic acids is 1. The third kappa shape index (κ3) is 2.90. The molecule has 7 nitrogen and oxygen atoms in total. The third-order valence-corrected chi connectivity index (χ3v) is 4.48. The van der Waals surface area contributed by atoms with E-state index >= 15 is 0 Å². The molecule has 0 unspecified atom stereocenters. The van der Waals surface area contributed by atoms with Crippen LogP contribution in [0.25, 0.3) is 0 Å². The maximum Gasteiger partial charge on any atom is 0.338 e. The normalized spacial score (nSPS) is 18.0. The summed E-state index contributed by atoms with van der Waals surface area (Å²) in [7, 11) is -3.09. The summed E-state index contributed by atoms with van der Waals surface area (Å²) in [6, 6.07) is 2.73. The molecule has 8 heteroatoms. The van der Waals surface area contributed by atoms with Gasteiger partial charge in [0.05, 0.1) is 17.1 Å². The van der Waals surface area contributed by atoms with Crippen molar-refractivity contribution in [3.63, 3.8) is 0 Å². The Morgan fingerprint density at radius 1 is 1.26 bits per heavy atom. The maximum absolute atomic E-state index is 12.1. The quantitative estimate of drug-likeness (QED) is 0.796. The topological polar surface area (TPSA) is 105 Å². The standard InChI is InChI=1S/C11H12N2O5S/c14-10(13-4-6-19(17,18)7-5-13)9-8(11(15)16)2-1-3-12-9/h1-3H,4-7H2,(H,15,16). The molecule has 0 aliphatic carbocycles. The van der Waals surface area contributed by atoms with Crippen molar-refractivity contribution < 1.29 is 23.1 Å². The molecule has 1 aliphatic rings. The molecule has 2 heterocycles. The molecule has 2 rings (SSSR count). The molecule has 1 aliphatic heterocycles. The van der Waals surface area contributed by atoms with Crippen molar-refractivity contribution in [3.8, 4) is 0 Å². The number of carbonyl (C=O) groups is 2. The minimum Gasteiger partial charge on any atom is -0.478 e. The van der Waals surface area contributed by atoms with Gasteiger partial charge in [-0.2, -0.15) is 0 Å². The highest BCUT2D eigenvalue weighted by Crippen LogP contribution is 2.12. The lowest BCUT2D eigenvalue weighted by Crippen LogP contribution is -2.44. The molecule has 1 fully saturated rings. The van der Waals surface area contributed by atoms with Gasteiger partial charge in [-0.15, -0.1) is 0 Å². The molecular weight excluding hydrogens is 272 g/mol. The number of carboxylic acid groups (broad SMARTS) is 1. The highest BCUT2D eigenvalue weighted by Gasteiger charge is 2.28. The average molecular weight is 284 g/mol. The number of carbonyl (C=O) groups excluding carboxylic acids is 1. The van der Waals surface area contributed by atoms with Gasteiger partial charge in [0, 0.05) is 19.3 Å². The number of pyridine rings is 1. The van der Waals surface area contributed by atoms with Crippen molar-refractivity contribution in [2.45, 2.75) is 0 Å². The molecule has 0 saturated carbocycles. The second kappa shape index (κ2) is 4.96. The van der Waals surface area contributed by atoms with Crippen LogP contribution in [0.3, 0.4) is 0 Å². The number of rotatable bonds is 2. The number of aromatic carboxylic acids is 1. The Labute approximate surface area is 109 Å². The zero-order valence-electron chi connectivity index (χ0n) is 9.94. The van der Waals surface area contributed by atoms with Gasteiger partial charge in [-0.05, 0) is 12.1 Å². The van der Waals surface area contributed by atoms with Crippen molar-refractivity contribution in [2.75, 3.05) is 24.6 Å². The molecular formula is C11H12N2O5S. The van der Waals surface area contributed by atoms with E-state index in [-0.39, 0.29) is 35.9 Å². The zero-order chi connectivity index (χ0) is 14.0. The van der Waals surface area contributed by atoms with Gasteiger partial charge >= 0.3 is 5.97 Å². The number of aromatic nitrogens is 1. The van der Waals surface area contributed by atoms with Crippen molar-refractivity contribution in [1.82, 2.24) is 9.88 Å². The van der Waals surface area contributed by atoms with Crippen LogP contribution in [0, 0.1) is 0 Å². The van der Waals surface area contributed by atoms with Gasteiger partial charge in [0.2, 0.25) is 0 Å². The SMILES string of the molecule is O=C(O)c1cccnc1C(=O)N1CCS(=O)(=O)CC1. The molecule has 0 atom stereocenters. The molecule has 0 aromatic carbocycles. The van der Waals surface area contributed by atoms with Gasteiger partial charge in [0.1, 0.15) is 5.69 Å². The van der Waals surface area contributed by atoms with Crippen LogP contribution in [0.1, 0.15) is 20.8 Å². The van der Waals surface area contributed by atoms with E-state index in [4.69, 9.17) is 5.11 Å². The fourth-order valence-corrected chi connectivity index (χ4v) is 3.01. The summed E-state index contributed by atoms with van der Waals surface area (Å²) in [4.78, 5) is 28.3.